The summed E-state index contributed by atoms with van der Waals surface area (Å²) >= 11 is 7.25. The minimum absolute atomic E-state index is 0.101. The highest BCUT2D eigenvalue weighted by Crippen LogP contribution is 2.37. The summed E-state index contributed by atoms with van der Waals surface area (Å²) in [4.78, 5) is 14.2. The zero-order valence-corrected chi connectivity index (χ0v) is 26.8. The number of carbonyl (C=O) groups excluding carboxylic acids is 1. The number of rotatable bonds is 8. The molecule has 2 rings (SSSR count). The summed E-state index contributed by atoms with van der Waals surface area (Å²) in [5, 5.41) is 22.6. The normalized spacial score (nSPS) is 15.1. The number of ketones is 1. The number of halogens is 2. The van der Waals surface area contributed by atoms with Gasteiger partial charge in [-0.25, -0.2) is 0 Å². The molecule has 2 aromatic carbocycles. The number of Topliss-reactive ketones (excluding diaryl/α,β-unsaturated/α-hetero) is 1. The van der Waals surface area contributed by atoms with Crippen LogP contribution in [-0.2, 0) is 26.8 Å². The number of hydrogen-bond acceptors (Lipinski definition) is 3. The lowest BCUT2D eigenvalue weighted by atomic mass is 9.77. The van der Waals surface area contributed by atoms with Gasteiger partial charge in [0.1, 0.15) is 5.78 Å². The largest absolute Gasteiger partial charge is 0.386 e. The first-order valence-corrected chi connectivity index (χ1v) is 14.9. The molecule has 0 saturated heterocycles. The number of aliphatic hydroxyl groups is 2. The predicted molar refractivity (Wildman–Crippen MR) is 159 cm³/mol. The Morgan fingerprint density at radius 2 is 0.889 bits per heavy atom. The first-order valence-electron chi connectivity index (χ1n) is 12.6. The molecule has 3 nitrogen and oxygen atoms in total. The van der Waals surface area contributed by atoms with Crippen LogP contribution in [0.4, 0.5) is 0 Å². The van der Waals surface area contributed by atoms with Gasteiger partial charge in [-0.1, -0.05) is 110 Å². The summed E-state index contributed by atoms with van der Waals surface area (Å²) in [6, 6.07) is 12.3. The fourth-order valence-electron chi connectivity index (χ4n) is 4.18. The van der Waals surface area contributed by atoms with Gasteiger partial charge in [0.2, 0.25) is 0 Å². The van der Waals surface area contributed by atoms with Crippen LogP contribution in [0.1, 0.15) is 114 Å². The van der Waals surface area contributed by atoms with Crippen molar-refractivity contribution in [3.05, 3.63) is 69.8 Å². The highest BCUT2D eigenvalue weighted by Gasteiger charge is 2.32. The minimum Gasteiger partial charge on any atom is -0.386 e. The Balaban J connectivity index is 2.69. The molecular weight excluding hydrogens is 580 g/mol. The summed E-state index contributed by atoms with van der Waals surface area (Å²) in [5.41, 5.74) is 3.29. The van der Waals surface area contributed by atoms with Crippen molar-refractivity contribution in [2.45, 2.75) is 103 Å². The number of alkyl halides is 2. The lowest BCUT2D eigenvalue weighted by Gasteiger charge is -2.29. The van der Waals surface area contributed by atoms with Gasteiger partial charge in [-0.2, -0.15) is 0 Å². The summed E-state index contributed by atoms with van der Waals surface area (Å²) in [5.74, 6) is -0.677. The molecule has 0 fully saturated rings. The van der Waals surface area contributed by atoms with Crippen molar-refractivity contribution in [1.82, 2.24) is 0 Å². The Hall–Kier alpha value is -1.01. The van der Waals surface area contributed by atoms with Crippen molar-refractivity contribution < 1.29 is 15.0 Å². The van der Waals surface area contributed by atoms with Crippen LogP contribution in [0.15, 0.2) is 36.4 Å². The van der Waals surface area contributed by atoms with E-state index >= 15 is 0 Å². The van der Waals surface area contributed by atoms with Crippen LogP contribution < -0.4 is 0 Å². The van der Waals surface area contributed by atoms with Crippen LogP contribution >= 0.6 is 31.9 Å². The quantitative estimate of drug-likeness (QED) is 0.293. The molecule has 2 aromatic rings. The molecule has 0 aliphatic heterocycles. The fourth-order valence-corrected chi connectivity index (χ4v) is 5.57. The molecule has 0 aliphatic carbocycles. The lowest BCUT2D eigenvalue weighted by molar-refractivity contribution is -0.121. The topological polar surface area (TPSA) is 57.5 Å². The molecule has 0 radical (unpaired) electrons. The Labute approximate surface area is 235 Å². The van der Waals surface area contributed by atoms with Crippen molar-refractivity contribution in [2.24, 2.45) is 0 Å². The van der Waals surface area contributed by atoms with Gasteiger partial charge in [0.25, 0.3) is 0 Å². The maximum absolute atomic E-state index is 14.2. The van der Waals surface area contributed by atoms with E-state index in [4.69, 9.17) is 0 Å². The maximum atomic E-state index is 14.2. The molecule has 200 valence electrons. The third kappa shape index (κ3) is 7.52. The monoisotopic (exact) mass is 622 g/mol. The molecule has 36 heavy (non-hydrogen) atoms. The zero-order chi connectivity index (χ0) is 27.9. The summed E-state index contributed by atoms with van der Waals surface area (Å²) in [7, 11) is 0. The Bertz CT molecular complexity index is 927. The van der Waals surface area contributed by atoms with E-state index in [0.717, 1.165) is 33.4 Å². The van der Waals surface area contributed by atoms with E-state index in [1.54, 1.807) is 27.7 Å². The Morgan fingerprint density at radius 1 is 0.611 bits per heavy atom. The summed E-state index contributed by atoms with van der Waals surface area (Å²) < 4.78 is 0. The van der Waals surface area contributed by atoms with E-state index in [1.807, 2.05) is 24.3 Å². The van der Waals surface area contributed by atoms with Gasteiger partial charge < -0.3 is 10.2 Å². The lowest BCUT2D eigenvalue weighted by Crippen LogP contribution is -2.26. The molecule has 5 heteroatoms. The second kappa shape index (κ2) is 11.0. The molecule has 2 N–H and O–H groups in total. The van der Waals surface area contributed by atoms with Crippen molar-refractivity contribution in [3.8, 4) is 0 Å². The zero-order valence-electron chi connectivity index (χ0n) is 23.6. The van der Waals surface area contributed by atoms with Gasteiger partial charge in [-0.15, -0.1) is 0 Å². The van der Waals surface area contributed by atoms with Crippen molar-refractivity contribution in [2.75, 3.05) is 10.7 Å². The summed E-state index contributed by atoms with van der Waals surface area (Å²) in [6.07, 6.45) is 0. The Kier molecular flexibility index (Phi) is 9.54. The first kappa shape index (κ1) is 31.2. The standard InChI is InChI=1S/C31H44Br2O3/c1-28(2,3)21-11-19(13-23(15-21)30(7,8)35)25(17-32)27(34)26(18-33)20-12-22(29(4,5)6)16-24(14-20)31(9,10)36/h11-16,25-26,35-36H,17-18H2,1-10H3. The van der Waals surface area contributed by atoms with Gasteiger partial charge in [0.05, 0.1) is 23.0 Å². The average Bonchev–Trinajstić information content (AvgIpc) is 2.72. The number of benzene rings is 2. The molecule has 2 atom stereocenters. The van der Waals surface area contributed by atoms with E-state index in [2.05, 4.69) is 85.5 Å². The second-order valence-electron chi connectivity index (χ2n) is 13.1. The van der Waals surface area contributed by atoms with Gasteiger partial charge in [-0.05, 0) is 71.9 Å². The van der Waals surface area contributed by atoms with Gasteiger partial charge in [0.15, 0.2) is 0 Å². The highest BCUT2D eigenvalue weighted by atomic mass is 79.9. The van der Waals surface area contributed by atoms with E-state index in [-0.39, 0.29) is 28.4 Å². The van der Waals surface area contributed by atoms with E-state index < -0.39 is 11.2 Å². The van der Waals surface area contributed by atoms with Crippen LogP contribution in [0.5, 0.6) is 0 Å². The van der Waals surface area contributed by atoms with Crippen LogP contribution in [0.3, 0.4) is 0 Å². The Morgan fingerprint density at radius 3 is 1.11 bits per heavy atom. The third-order valence-electron chi connectivity index (χ3n) is 6.86. The molecule has 0 aliphatic rings. The van der Waals surface area contributed by atoms with E-state index in [0.29, 0.717) is 10.7 Å². The third-order valence-corrected chi connectivity index (χ3v) is 8.15. The fraction of sp³-hybridized carbons (Fsp3) is 0.581. The first-order chi connectivity index (χ1) is 16.2. The second-order valence-corrected chi connectivity index (χ2v) is 14.4. The maximum Gasteiger partial charge on any atom is 0.149 e. The van der Waals surface area contributed by atoms with Crippen molar-refractivity contribution >= 4 is 37.6 Å². The van der Waals surface area contributed by atoms with E-state index in [9.17, 15) is 15.0 Å². The average molecular weight is 624 g/mol. The minimum atomic E-state index is -1.02. The molecule has 0 saturated carbocycles. The van der Waals surface area contributed by atoms with Gasteiger partial charge in [0, 0.05) is 10.7 Å². The van der Waals surface area contributed by atoms with Crippen LogP contribution in [-0.4, -0.2) is 26.7 Å². The molecular formula is C31H44Br2O3. The van der Waals surface area contributed by atoms with E-state index in [1.165, 1.54) is 0 Å². The van der Waals surface area contributed by atoms with Gasteiger partial charge >= 0.3 is 0 Å². The van der Waals surface area contributed by atoms with Crippen LogP contribution in [0, 0.1) is 0 Å². The smallest absolute Gasteiger partial charge is 0.149 e. The van der Waals surface area contributed by atoms with Crippen molar-refractivity contribution in [1.29, 1.82) is 0 Å². The van der Waals surface area contributed by atoms with Crippen LogP contribution in [0.25, 0.3) is 0 Å². The molecule has 0 aromatic heterocycles. The molecule has 2 unspecified atom stereocenters. The SMILES string of the molecule is CC(C)(C)c1cc(C(CBr)C(=O)C(CBr)c2cc(C(C)(C)C)cc(C(C)(C)O)c2)cc(C(C)(C)O)c1. The van der Waals surface area contributed by atoms with Crippen LogP contribution in [0.2, 0.25) is 0 Å². The number of carbonyl (C=O) groups is 1. The summed E-state index contributed by atoms with van der Waals surface area (Å²) in [6.45, 7) is 20.0. The predicted octanol–water partition coefficient (Wildman–Crippen LogP) is 7.96. The number of hydrogen-bond donors (Lipinski definition) is 2. The molecule has 0 bridgehead atoms. The van der Waals surface area contributed by atoms with Gasteiger partial charge in [-0.3, -0.25) is 4.79 Å². The molecule has 0 spiro atoms. The highest BCUT2D eigenvalue weighted by molar-refractivity contribution is 9.09. The van der Waals surface area contributed by atoms with Crippen molar-refractivity contribution in [3.63, 3.8) is 0 Å². The molecule has 0 heterocycles. The molecule has 0 amide bonds.